The van der Waals surface area contributed by atoms with Gasteiger partial charge in [0.25, 0.3) is 16.9 Å². The minimum atomic E-state index is -0.571. The van der Waals surface area contributed by atoms with E-state index in [1.165, 1.54) is 195 Å². The predicted octanol–water partition coefficient (Wildman–Crippen LogP) is 26.7. The zero-order chi connectivity index (χ0) is 78.2. The third-order valence-electron chi connectivity index (χ3n) is 23.4. The number of ether oxygens (including phenoxy) is 1. The monoisotopic (exact) mass is 1490 g/mol. The van der Waals surface area contributed by atoms with Crippen molar-refractivity contribution in [1.82, 2.24) is 9.38 Å². The summed E-state index contributed by atoms with van der Waals surface area (Å²) in [4.78, 5) is 66.8. The molecule has 2 aromatic heterocycles. The van der Waals surface area contributed by atoms with Gasteiger partial charge in [-0.25, -0.2) is 14.6 Å². The van der Waals surface area contributed by atoms with Crippen LogP contribution in [-0.2, 0) is 4.74 Å². The highest BCUT2D eigenvalue weighted by atomic mass is 16.6. The molecule has 14 nitrogen and oxygen atoms in total. The van der Waals surface area contributed by atoms with Crippen LogP contribution in [0.1, 0.15) is 265 Å². The summed E-state index contributed by atoms with van der Waals surface area (Å²) >= 11 is 0. The number of non-ortho nitro benzene ring substituents is 1. The number of carbonyl (C=O) groups excluding carboxylic acids is 2. The first-order valence-corrected chi connectivity index (χ1v) is 41.9. The number of nitro groups is 2. The summed E-state index contributed by atoms with van der Waals surface area (Å²) < 4.78 is 6.47. The maximum Gasteiger partial charge on any atom is 0.346 e. The molecule has 0 bridgehead atoms. The van der Waals surface area contributed by atoms with Crippen LogP contribution in [0.15, 0.2) is 150 Å². The minimum Gasteiger partial charge on any atom is -0.397 e. The van der Waals surface area contributed by atoms with Gasteiger partial charge in [-0.15, -0.1) is 0 Å². The number of cyclic esters (lactones) is 2. The highest BCUT2D eigenvalue weighted by Gasteiger charge is 2.31. The third kappa shape index (κ3) is 17.2. The molecule has 2 unspecified atom stereocenters. The van der Waals surface area contributed by atoms with Crippen molar-refractivity contribution in [2.24, 2.45) is 11.8 Å². The Morgan fingerprint density at radius 1 is 0.393 bits per heavy atom. The van der Waals surface area contributed by atoms with Crippen molar-refractivity contribution in [3.63, 3.8) is 0 Å². The number of rotatable bonds is 34. The van der Waals surface area contributed by atoms with Crippen LogP contribution in [0.5, 0.6) is 0 Å². The zero-order valence-corrected chi connectivity index (χ0v) is 65.8. The Hall–Kier alpha value is -11.0. The smallest absolute Gasteiger partial charge is 0.346 e. The van der Waals surface area contributed by atoms with E-state index in [9.17, 15) is 34.6 Å². The third-order valence-corrected chi connectivity index (χ3v) is 23.4. The molecule has 14 heteroatoms. The Morgan fingerprint density at radius 2 is 0.732 bits per heavy atom. The molecular weight excluding hydrogens is 1390 g/mol. The van der Waals surface area contributed by atoms with E-state index in [2.05, 4.69) is 124 Å². The van der Waals surface area contributed by atoms with Gasteiger partial charge in [-0.1, -0.05) is 328 Å². The van der Waals surface area contributed by atoms with Gasteiger partial charge in [0.1, 0.15) is 11.3 Å². The Kier molecular flexibility index (Phi) is 26.4. The molecule has 12 aromatic carbocycles. The second-order valence-corrected chi connectivity index (χ2v) is 31.3. The summed E-state index contributed by atoms with van der Waals surface area (Å²) in [5, 5.41) is 42.4. The quantitative estimate of drug-likeness (QED) is 0.00445. The van der Waals surface area contributed by atoms with Crippen LogP contribution in [0.2, 0.25) is 0 Å². The van der Waals surface area contributed by atoms with E-state index >= 15 is 0 Å². The number of nitrogens with two attached hydrogens (primary N) is 2. The first-order chi connectivity index (χ1) is 54.7. The fourth-order valence-corrected chi connectivity index (χ4v) is 17.5. The Labute approximate surface area is 656 Å². The molecule has 112 heavy (non-hydrogen) atoms. The lowest BCUT2D eigenvalue weighted by molar-refractivity contribution is -0.383. The van der Waals surface area contributed by atoms with Gasteiger partial charge in [0, 0.05) is 56.6 Å². The number of esters is 2. The highest BCUT2D eigenvalue weighted by molar-refractivity contribution is 6.39. The van der Waals surface area contributed by atoms with Gasteiger partial charge in [0.2, 0.25) is 0 Å². The molecule has 576 valence electrons. The normalized spacial score (nSPS) is 12.7. The zero-order valence-electron chi connectivity index (χ0n) is 65.8. The van der Waals surface area contributed by atoms with Crippen molar-refractivity contribution in [2.45, 2.75) is 233 Å². The molecule has 4 N–H and O–H groups in total. The van der Waals surface area contributed by atoms with Crippen LogP contribution in [-0.4, -0.2) is 31.2 Å². The number of hydrogen-bond donors (Lipinski definition) is 2. The van der Waals surface area contributed by atoms with E-state index < -0.39 is 16.9 Å². The number of pyridine rings is 1. The lowest BCUT2D eigenvalue weighted by Gasteiger charge is -2.20. The number of nitrogen functional groups attached to an aromatic ring is 2. The van der Waals surface area contributed by atoms with E-state index in [1.807, 2.05) is 42.5 Å². The fourth-order valence-electron chi connectivity index (χ4n) is 17.5. The van der Waals surface area contributed by atoms with Crippen LogP contribution in [0.25, 0.3) is 114 Å². The van der Waals surface area contributed by atoms with Gasteiger partial charge in [-0.05, 0) is 137 Å². The second-order valence-electron chi connectivity index (χ2n) is 31.3. The standard InChI is InChI=1S/C49H51N3O3.C27H45N3O2.C22H10O3/c1-3-5-7-9-11-12-14-16-20-33(19-15-13-10-8-6-4-2)25-26-34-31-42-47(43(32-34)52(54)55)50-48-40-29-27-38-36-23-17-21-35-22-18-24-37(44(35)36)39-28-30-41(46(40)45(38)39)49(53)51(42)48;1-3-5-7-9-11-12-14-16-18-23(17-15-13-10-8-6-4-2)19-20-24-21-25(28)27(29)26(22-24)30(31)32;23-21-16-9-7-14-12-5-1-3-11-4-2-6-13(18(11)12)15-8-10-17(22(24)25-21)20(16)19(14)15/h17-18,21-24,27-33H,3-16,19-20H2,1-2H3;21-23H,3-18,28-29H2,1-2H3;1-10H. The number of anilines is 2. The van der Waals surface area contributed by atoms with Crippen LogP contribution < -0.4 is 17.0 Å². The van der Waals surface area contributed by atoms with Crippen LogP contribution in [0, 0.1) is 55.7 Å². The molecule has 2 atom stereocenters. The minimum absolute atomic E-state index is 0.0168. The molecule has 0 fully saturated rings. The Morgan fingerprint density at radius 3 is 1.14 bits per heavy atom. The lowest BCUT2D eigenvalue weighted by atomic mass is 9.86. The number of carbonyl (C=O) groups is 2. The number of benzene rings is 12. The Bertz CT molecular complexity index is 5790. The average molecular weight is 1500 g/mol. The number of unbranched alkanes of at least 4 members (excludes halogenated alkanes) is 24. The van der Waals surface area contributed by atoms with Crippen LogP contribution in [0.4, 0.5) is 22.7 Å². The molecule has 14 aromatic rings. The van der Waals surface area contributed by atoms with Gasteiger partial charge in [0.05, 0.1) is 32.2 Å². The molecule has 0 aliphatic carbocycles. The summed E-state index contributed by atoms with van der Waals surface area (Å²) in [6.07, 6.45) is 40.1. The summed E-state index contributed by atoms with van der Waals surface area (Å²) in [6, 6.07) is 47.3. The number of imidazole rings is 1. The molecule has 15 rings (SSSR count). The molecule has 0 amide bonds. The van der Waals surface area contributed by atoms with E-state index in [4.69, 9.17) is 21.2 Å². The maximum atomic E-state index is 14.6. The van der Waals surface area contributed by atoms with Crippen LogP contribution >= 0.6 is 0 Å². The lowest BCUT2D eigenvalue weighted by Crippen LogP contribution is -2.19. The SMILES string of the molecule is CCCCCCCCCCC(C#Cc1cc(N)c(N)c([N+](=O)[O-])c1)CCCCCCCC.CCCCCCCCCCC(C#Cc1cc([N+](=O)[O-])c2nc3c4ccc5c6cccc7cccc(c8ccc(c(=O)n3c2c1)c4c85)c76)CCCCCCCC.O=C1OC(=O)c2ccc3c4cccc5cccc(c6ccc1c2c63)c54. The molecular formula is C98H106N6O8. The molecule has 1 aliphatic rings. The van der Waals surface area contributed by atoms with Crippen LogP contribution in [0.3, 0.4) is 0 Å². The largest absolute Gasteiger partial charge is 0.397 e. The highest BCUT2D eigenvalue weighted by Crippen LogP contribution is 2.46. The molecule has 0 spiro atoms. The number of aromatic nitrogens is 2. The van der Waals surface area contributed by atoms with Crippen molar-refractivity contribution in [3.05, 3.63) is 198 Å². The molecule has 0 radical (unpaired) electrons. The van der Waals surface area contributed by atoms with E-state index in [-0.39, 0.29) is 44.7 Å². The summed E-state index contributed by atoms with van der Waals surface area (Å²) in [7, 11) is 0. The van der Waals surface area contributed by atoms with Gasteiger partial charge < -0.3 is 16.2 Å². The van der Waals surface area contributed by atoms with Crippen molar-refractivity contribution in [2.75, 3.05) is 11.5 Å². The van der Waals surface area contributed by atoms with Crippen molar-refractivity contribution >= 4 is 148 Å². The first kappa shape index (κ1) is 79.1. The summed E-state index contributed by atoms with van der Waals surface area (Å²) in [5.74, 6) is 12.9. The number of fused-ring (bicyclic) bond motifs is 8. The van der Waals surface area contributed by atoms with E-state index in [0.29, 0.717) is 50.1 Å². The van der Waals surface area contributed by atoms with Gasteiger partial charge in [-0.3, -0.25) is 29.4 Å². The van der Waals surface area contributed by atoms with Gasteiger partial charge in [0.15, 0.2) is 5.52 Å². The second kappa shape index (κ2) is 37.4. The van der Waals surface area contributed by atoms with Crippen molar-refractivity contribution in [1.29, 1.82) is 0 Å². The molecule has 3 heterocycles. The van der Waals surface area contributed by atoms with Gasteiger partial charge in [-0.2, -0.15) is 0 Å². The van der Waals surface area contributed by atoms with Gasteiger partial charge >= 0.3 is 11.9 Å². The number of hydrogen-bond acceptors (Lipinski definition) is 11. The molecule has 0 saturated heterocycles. The number of nitrogens with zero attached hydrogens (tertiary/aromatic N) is 4. The molecule has 0 saturated carbocycles. The molecule has 1 aliphatic heterocycles. The Balaban J connectivity index is 0.000000162. The fraction of sp³-hybridized carbons (Fsp3) is 0.388. The van der Waals surface area contributed by atoms with Crippen molar-refractivity contribution < 1.29 is 24.2 Å². The average Bonchev–Trinajstić information content (AvgIpc) is 1.62. The summed E-state index contributed by atoms with van der Waals surface area (Å²) in [6.45, 7) is 9.00. The maximum absolute atomic E-state index is 14.6. The number of nitro benzene ring substituents is 2. The topological polar surface area (TPSA) is 216 Å². The summed E-state index contributed by atoms with van der Waals surface area (Å²) in [5.41, 5.74) is 14.5. The van der Waals surface area contributed by atoms with E-state index in [1.54, 1.807) is 28.7 Å². The van der Waals surface area contributed by atoms with E-state index in [0.717, 1.165) is 103 Å². The van der Waals surface area contributed by atoms with Crippen molar-refractivity contribution in [3.8, 4) is 23.7 Å². The predicted molar refractivity (Wildman–Crippen MR) is 466 cm³/mol. The first-order valence-electron chi connectivity index (χ1n) is 41.9.